The summed E-state index contributed by atoms with van der Waals surface area (Å²) in [7, 11) is 0. The van der Waals surface area contributed by atoms with Gasteiger partial charge in [-0.05, 0) is 25.1 Å². The van der Waals surface area contributed by atoms with E-state index in [1.165, 1.54) is 11.0 Å². The third-order valence-electron chi connectivity index (χ3n) is 3.29. The van der Waals surface area contributed by atoms with Crippen LogP contribution in [0.25, 0.3) is 0 Å². The Morgan fingerprint density at radius 3 is 2.95 bits per heavy atom. The Kier molecular flexibility index (Phi) is 5.03. The molecule has 1 heterocycles. The minimum Gasteiger partial charge on any atom is -0.398 e. The van der Waals surface area contributed by atoms with Gasteiger partial charge in [0, 0.05) is 23.8 Å². The third kappa shape index (κ3) is 3.46. The lowest BCUT2D eigenvalue weighted by Crippen LogP contribution is -2.55. The summed E-state index contributed by atoms with van der Waals surface area (Å²) in [6.07, 6.45) is 0. The molecule has 0 aliphatic carbocycles. The molecule has 3 N–H and O–H groups in total. The Hall–Kier alpha value is -1.79. The number of morpholine rings is 1. The fourth-order valence-corrected chi connectivity index (χ4v) is 2.42. The topological polar surface area (TPSA) is 84.7 Å². The number of hydrogen-bond donors (Lipinski definition) is 2. The van der Waals surface area contributed by atoms with Gasteiger partial charge in [0.15, 0.2) is 0 Å². The van der Waals surface area contributed by atoms with Crippen LogP contribution in [0.4, 0.5) is 5.69 Å². The van der Waals surface area contributed by atoms with E-state index in [9.17, 15) is 9.59 Å². The van der Waals surface area contributed by atoms with Crippen molar-refractivity contribution in [2.24, 2.45) is 0 Å². The fourth-order valence-electron chi connectivity index (χ4n) is 2.24. The maximum absolute atomic E-state index is 12.6. The SMILES string of the molecule is CCNC(=O)C1COCCN1C(=O)c1ccc(Cl)cc1N. The number of nitrogen functional groups attached to an aromatic ring is 1. The first-order chi connectivity index (χ1) is 10.0. The predicted molar refractivity (Wildman–Crippen MR) is 80.2 cm³/mol. The van der Waals surface area contributed by atoms with Crippen LogP contribution in [0.5, 0.6) is 0 Å². The Bertz CT molecular complexity index is 550. The first kappa shape index (κ1) is 15.6. The first-order valence-electron chi connectivity index (χ1n) is 6.76. The molecule has 0 aromatic heterocycles. The van der Waals surface area contributed by atoms with E-state index < -0.39 is 6.04 Å². The van der Waals surface area contributed by atoms with E-state index in [4.69, 9.17) is 22.1 Å². The van der Waals surface area contributed by atoms with Crippen LogP contribution in [0.15, 0.2) is 18.2 Å². The smallest absolute Gasteiger partial charge is 0.256 e. The van der Waals surface area contributed by atoms with Crippen LogP contribution in [0, 0.1) is 0 Å². The quantitative estimate of drug-likeness (QED) is 0.812. The largest absolute Gasteiger partial charge is 0.398 e. The number of halogens is 1. The average molecular weight is 312 g/mol. The standard InChI is InChI=1S/C14H18ClN3O3/c1-2-17-13(19)12-8-21-6-5-18(12)14(20)10-4-3-9(15)7-11(10)16/h3-4,7,12H,2,5-6,8,16H2,1H3,(H,17,19). The van der Waals surface area contributed by atoms with Crippen molar-refractivity contribution in [1.82, 2.24) is 10.2 Å². The second-order valence-corrected chi connectivity index (χ2v) is 5.15. The molecule has 7 heteroatoms. The summed E-state index contributed by atoms with van der Waals surface area (Å²) in [5.74, 6) is -0.512. The lowest BCUT2D eigenvalue weighted by atomic mass is 10.1. The molecule has 1 aromatic rings. The summed E-state index contributed by atoms with van der Waals surface area (Å²) >= 11 is 5.84. The molecule has 1 atom stereocenters. The van der Waals surface area contributed by atoms with Gasteiger partial charge in [-0.1, -0.05) is 11.6 Å². The van der Waals surface area contributed by atoms with Crippen molar-refractivity contribution >= 4 is 29.1 Å². The number of nitrogens with zero attached hydrogens (tertiary/aromatic N) is 1. The number of carbonyl (C=O) groups is 2. The fraction of sp³-hybridized carbons (Fsp3) is 0.429. The summed E-state index contributed by atoms with van der Waals surface area (Å²) < 4.78 is 5.31. The van der Waals surface area contributed by atoms with Gasteiger partial charge in [0.05, 0.1) is 18.8 Å². The number of ether oxygens (including phenoxy) is 1. The lowest BCUT2D eigenvalue weighted by molar-refractivity contribution is -0.130. The van der Waals surface area contributed by atoms with Gasteiger partial charge in [-0.15, -0.1) is 0 Å². The Balaban J connectivity index is 2.24. The highest BCUT2D eigenvalue weighted by Gasteiger charge is 2.33. The molecule has 1 aliphatic rings. The van der Waals surface area contributed by atoms with Crippen LogP contribution in [0.3, 0.4) is 0 Å². The summed E-state index contributed by atoms with van der Waals surface area (Å²) in [6.45, 7) is 3.26. The number of amides is 2. The van der Waals surface area contributed by atoms with Crippen molar-refractivity contribution in [1.29, 1.82) is 0 Å². The molecular formula is C14H18ClN3O3. The second kappa shape index (κ2) is 6.78. The van der Waals surface area contributed by atoms with Crippen molar-refractivity contribution in [2.75, 3.05) is 32.0 Å². The molecule has 2 amide bonds. The number of nitrogens with one attached hydrogen (secondary N) is 1. The summed E-state index contributed by atoms with van der Waals surface area (Å²) in [4.78, 5) is 26.2. The molecule has 1 aliphatic heterocycles. The number of benzene rings is 1. The third-order valence-corrected chi connectivity index (χ3v) is 3.52. The minimum absolute atomic E-state index is 0.186. The van der Waals surface area contributed by atoms with Gasteiger partial charge in [-0.2, -0.15) is 0 Å². The number of rotatable bonds is 3. The van der Waals surface area contributed by atoms with E-state index in [0.717, 1.165) is 0 Å². The summed E-state index contributed by atoms with van der Waals surface area (Å²) in [5.41, 5.74) is 6.49. The predicted octanol–water partition coefficient (Wildman–Crippen LogP) is 0.899. The zero-order chi connectivity index (χ0) is 15.4. The maximum Gasteiger partial charge on any atom is 0.256 e. The molecule has 1 fully saturated rings. The molecule has 21 heavy (non-hydrogen) atoms. The normalized spacial score (nSPS) is 18.4. The van der Waals surface area contributed by atoms with E-state index in [-0.39, 0.29) is 18.4 Å². The zero-order valence-corrected chi connectivity index (χ0v) is 12.5. The maximum atomic E-state index is 12.6. The van der Waals surface area contributed by atoms with Crippen LogP contribution in [0.2, 0.25) is 5.02 Å². The van der Waals surface area contributed by atoms with Gasteiger partial charge in [0.25, 0.3) is 5.91 Å². The highest BCUT2D eigenvalue weighted by Crippen LogP contribution is 2.21. The second-order valence-electron chi connectivity index (χ2n) is 4.72. The van der Waals surface area contributed by atoms with Gasteiger partial charge in [-0.25, -0.2) is 0 Å². The monoisotopic (exact) mass is 311 g/mol. The summed E-state index contributed by atoms with van der Waals surface area (Å²) in [6, 6.07) is 4.06. The van der Waals surface area contributed by atoms with Crippen LogP contribution in [-0.2, 0) is 9.53 Å². The van der Waals surface area contributed by atoms with Gasteiger partial charge in [0.1, 0.15) is 6.04 Å². The number of anilines is 1. The van der Waals surface area contributed by atoms with E-state index in [1.807, 2.05) is 6.92 Å². The van der Waals surface area contributed by atoms with Crippen LogP contribution >= 0.6 is 11.6 Å². The van der Waals surface area contributed by atoms with Crippen molar-refractivity contribution in [2.45, 2.75) is 13.0 Å². The highest BCUT2D eigenvalue weighted by molar-refractivity contribution is 6.31. The number of likely N-dealkylation sites (N-methyl/N-ethyl adjacent to an activating group) is 1. The van der Waals surface area contributed by atoms with Crippen molar-refractivity contribution in [3.05, 3.63) is 28.8 Å². The Labute approximate surface area is 128 Å². The molecule has 1 unspecified atom stereocenters. The molecule has 0 bridgehead atoms. The van der Waals surface area contributed by atoms with Crippen molar-refractivity contribution in [3.8, 4) is 0 Å². The number of carbonyl (C=O) groups excluding carboxylic acids is 2. The van der Waals surface area contributed by atoms with E-state index >= 15 is 0 Å². The number of nitrogens with two attached hydrogens (primary N) is 1. The van der Waals surface area contributed by atoms with Crippen molar-refractivity contribution in [3.63, 3.8) is 0 Å². The molecule has 0 saturated carbocycles. The van der Waals surface area contributed by atoms with E-state index in [1.54, 1.807) is 12.1 Å². The van der Waals surface area contributed by atoms with E-state index in [2.05, 4.69) is 5.32 Å². The molecule has 2 rings (SSSR count). The molecule has 0 radical (unpaired) electrons. The van der Waals surface area contributed by atoms with Crippen molar-refractivity contribution < 1.29 is 14.3 Å². The van der Waals surface area contributed by atoms with Crippen LogP contribution < -0.4 is 11.1 Å². The summed E-state index contributed by atoms with van der Waals surface area (Å²) in [5, 5.41) is 3.17. The minimum atomic E-state index is -0.638. The highest BCUT2D eigenvalue weighted by atomic mass is 35.5. The molecule has 0 spiro atoms. The van der Waals surface area contributed by atoms with Gasteiger partial charge < -0.3 is 20.7 Å². The number of hydrogen-bond acceptors (Lipinski definition) is 4. The molecule has 6 nitrogen and oxygen atoms in total. The van der Waals surface area contributed by atoms with Gasteiger partial charge >= 0.3 is 0 Å². The molecule has 1 saturated heterocycles. The Morgan fingerprint density at radius 2 is 2.29 bits per heavy atom. The van der Waals surface area contributed by atoms with E-state index in [0.29, 0.717) is 36.0 Å². The van der Waals surface area contributed by atoms with Crippen LogP contribution in [-0.4, -0.2) is 49.1 Å². The van der Waals surface area contributed by atoms with Gasteiger partial charge in [-0.3, -0.25) is 9.59 Å². The zero-order valence-electron chi connectivity index (χ0n) is 11.8. The molecule has 114 valence electrons. The van der Waals surface area contributed by atoms with Gasteiger partial charge in [0.2, 0.25) is 5.91 Å². The first-order valence-corrected chi connectivity index (χ1v) is 7.13. The van der Waals surface area contributed by atoms with Crippen LogP contribution in [0.1, 0.15) is 17.3 Å². The lowest BCUT2D eigenvalue weighted by Gasteiger charge is -2.34. The molecule has 1 aromatic carbocycles. The average Bonchev–Trinajstić information content (AvgIpc) is 2.47. The molecular weight excluding hydrogens is 294 g/mol. The Morgan fingerprint density at radius 1 is 1.52 bits per heavy atom.